The van der Waals surface area contributed by atoms with E-state index in [2.05, 4.69) is 30.2 Å². The van der Waals surface area contributed by atoms with Gasteiger partial charge in [-0.25, -0.2) is 14.4 Å². The SMILES string of the molecule is Nc1nc(Nc2cnc(N3CCOCC3)nc2)nc(-c2cccc(N3CCc4cc(C5CC5)cc(F)c4C3=O)c2CO)n1. The van der Waals surface area contributed by atoms with Crippen LogP contribution in [0.2, 0.25) is 0 Å². The van der Waals surface area contributed by atoms with Gasteiger partial charge in [0.1, 0.15) is 5.82 Å². The Hall–Kier alpha value is -4.75. The summed E-state index contributed by atoms with van der Waals surface area (Å²) < 4.78 is 20.6. The molecule has 4 N–H and O–H groups in total. The van der Waals surface area contributed by atoms with E-state index in [-0.39, 0.29) is 23.3 Å². The van der Waals surface area contributed by atoms with Crippen LogP contribution < -0.4 is 20.9 Å². The van der Waals surface area contributed by atoms with Crippen molar-refractivity contribution in [2.75, 3.05) is 53.7 Å². The summed E-state index contributed by atoms with van der Waals surface area (Å²) >= 11 is 0. The number of hydrogen-bond acceptors (Lipinski definition) is 11. The van der Waals surface area contributed by atoms with E-state index in [4.69, 9.17) is 10.5 Å². The van der Waals surface area contributed by atoms with E-state index in [1.54, 1.807) is 30.6 Å². The number of carbonyl (C=O) groups excluding carboxylic acids is 1. The molecule has 220 valence electrons. The number of morpholine rings is 1. The number of ether oxygens (including phenoxy) is 1. The van der Waals surface area contributed by atoms with Gasteiger partial charge in [-0.15, -0.1) is 0 Å². The highest BCUT2D eigenvalue weighted by Crippen LogP contribution is 2.42. The van der Waals surface area contributed by atoms with Crippen molar-refractivity contribution in [1.29, 1.82) is 0 Å². The number of aliphatic hydroxyl groups excluding tert-OH is 1. The molecule has 13 heteroatoms. The Morgan fingerprint density at radius 2 is 1.86 bits per heavy atom. The fourth-order valence-corrected chi connectivity index (χ4v) is 5.69. The van der Waals surface area contributed by atoms with Crippen LogP contribution in [-0.2, 0) is 17.8 Å². The summed E-state index contributed by atoms with van der Waals surface area (Å²) in [6.45, 7) is 2.64. The first-order chi connectivity index (χ1) is 21.0. The molecule has 0 unspecified atom stereocenters. The van der Waals surface area contributed by atoms with Gasteiger partial charge in [-0.2, -0.15) is 15.0 Å². The normalized spacial score (nSPS) is 16.7. The number of nitrogens with zero attached hydrogens (tertiary/aromatic N) is 7. The first-order valence-electron chi connectivity index (χ1n) is 14.3. The summed E-state index contributed by atoms with van der Waals surface area (Å²) in [6.07, 6.45) is 5.87. The molecule has 0 atom stereocenters. The molecule has 0 spiro atoms. The van der Waals surface area contributed by atoms with E-state index >= 15 is 4.39 Å². The first kappa shape index (κ1) is 27.1. The van der Waals surface area contributed by atoms with Crippen molar-refractivity contribution in [3.63, 3.8) is 0 Å². The third-order valence-corrected chi connectivity index (χ3v) is 7.99. The minimum absolute atomic E-state index is 0.0378. The lowest BCUT2D eigenvalue weighted by atomic mass is 9.93. The molecule has 43 heavy (non-hydrogen) atoms. The number of halogens is 1. The highest BCUT2D eigenvalue weighted by Gasteiger charge is 2.33. The van der Waals surface area contributed by atoms with Gasteiger partial charge in [-0.1, -0.05) is 18.2 Å². The lowest BCUT2D eigenvalue weighted by Gasteiger charge is -2.31. The maximum Gasteiger partial charge on any atom is 0.261 e. The maximum atomic E-state index is 15.2. The Balaban J connectivity index is 1.17. The number of aromatic nitrogens is 5. The largest absolute Gasteiger partial charge is 0.392 e. The molecule has 3 aliphatic rings. The molecule has 1 saturated heterocycles. The third-order valence-electron chi connectivity index (χ3n) is 7.99. The summed E-state index contributed by atoms with van der Waals surface area (Å²) in [7, 11) is 0. The van der Waals surface area contributed by atoms with Crippen LogP contribution in [0.5, 0.6) is 0 Å². The Labute approximate surface area is 246 Å². The van der Waals surface area contributed by atoms with Crippen molar-refractivity contribution in [3.05, 3.63) is 70.8 Å². The zero-order chi connectivity index (χ0) is 29.5. The highest BCUT2D eigenvalue weighted by molar-refractivity contribution is 6.09. The second-order valence-corrected chi connectivity index (χ2v) is 10.8. The molecule has 0 radical (unpaired) electrons. The fourth-order valence-electron chi connectivity index (χ4n) is 5.69. The van der Waals surface area contributed by atoms with Gasteiger partial charge in [0.15, 0.2) is 5.82 Å². The Kier molecular flexibility index (Phi) is 7.03. The van der Waals surface area contributed by atoms with Crippen molar-refractivity contribution in [3.8, 4) is 11.4 Å². The van der Waals surface area contributed by atoms with Crippen molar-refractivity contribution in [2.45, 2.75) is 31.8 Å². The number of carbonyl (C=O) groups is 1. The predicted octanol–water partition coefficient (Wildman–Crippen LogP) is 3.20. The van der Waals surface area contributed by atoms with Crippen LogP contribution in [0.3, 0.4) is 0 Å². The Morgan fingerprint density at radius 1 is 1.07 bits per heavy atom. The van der Waals surface area contributed by atoms with Crippen molar-refractivity contribution >= 4 is 35.1 Å². The number of nitrogen functional groups attached to an aromatic ring is 1. The molecule has 4 heterocycles. The van der Waals surface area contributed by atoms with E-state index in [9.17, 15) is 9.90 Å². The Bertz CT molecular complexity index is 1690. The van der Waals surface area contributed by atoms with Gasteiger partial charge in [0.25, 0.3) is 5.91 Å². The van der Waals surface area contributed by atoms with Crippen molar-refractivity contribution in [1.82, 2.24) is 24.9 Å². The van der Waals surface area contributed by atoms with Crippen molar-refractivity contribution in [2.24, 2.45) is 0 Å². The summed E-state index contributed by atoms with van der Waals surface area (Å²) in [5.41, 5.74) is 9.74. The van der Waals surface area contributed by atoms with E-state index in [1.165, 1.54) is 11.0 Å². The molecule has 1 amide bonds. The number of rotatable bonds is 7. The number of benzene rings is 2. The van der Waals surface area contributed by atoms with Crippen LogP contribution in [0.1, 0.15) is 45.8 Å². The fraction of sp³-hybridized carbons (Fsp3) is 0.333. The molecule has 4 aromatic rings. The van der Waals surface area contributed by atoms with Gasteiger partial charge in [0.05, 0.1) is 49.2 Å². The lowest BCUT2D eigenvalue weighted by molar-refractivity contribution is 0.0976. The van der Waals surface area contributed by atoms with Gasteiger partial charge < -0.3 is 30.7 Å². The molecule has 1 aliphatic carbocycles. The number of aliphatic hydroxyl groups is 1. The van der Waals surface area contributed by atoms with Crippen LogP contribution in [0.25, 0.3) is 11.4 Å². The first-order valence-corrected chi connectivity index (χ1v) is 14.3. The summed E-state index contributed by atoms with van der Waals surface area (Å²) in [6, 6.07) is 8.66. The van der Waals surface area contributed by atoms with Crippen LogP contribution in [0.15, 0.2) is 42.7 Å². The summed E-state index contributed by atoms with van der Waals surface area (Å²) in [5, 5.41) is 13.5. The standard InChI is InChI=1S/C30H30FN9O3/c31-23-13-19(17-4-5-17)12-18-6-7-40(27(42)25(18)23)24-3-1-2-21(22(24)16-41)26-36-28(32)38-29(37-26)35-20-14-33-30(34-15-20)39-8-10-43-11-9-39/h1-3,12-15,17,41H,4-11,16H2,(H3,32,35,36,37,38). The highest BCUT2D eigenvalue weighted by atomic mass is 19.1. The van der Waals surface area contributed by atoms with Crippen LogP contribution >= 0.6 is 0 Å². The average molecular weight is 584 g/mol. The summed E-state index contributed by atoms with van der Waals surface area (Å²) in [5.74, 6) is 0.383. The quantitative estimate of drug-likeness (QED) is 0.294. The Morgan fingerprint density at radius 3 is 2.60 bits per heavy atom. The van der Waals surface area contributed by atoms with E-state index < -0.39 is 18.3 Å². The van der Waals surface area contributed by atoms with E-state index in [0.717, 1.165) is 37.1 Å². The topological polar surface area (TPSA) is 156 Å². The molecule has 1 saturated carbocycles. The second-order valence-electron chi connectivity index (χ2n) is 10.8. The van der Waals surface area contributed by atoms with Crippen molar-refractivity contribution < 1.29 is 19.0 Å². The smallest absolute Gasteiger partial charge is 0.261 e. The molecule has 2 aromatic carbocycles. The van der Waals surface area contributed by atoms with Gasteiger partial charge in [-0.05, 0) is 48.4 Å². The average Bonchev–Trinajstić information content (AvgIpc) is 3.87. The van der Waals surface area contributed by atoms with Crippen LogP contribution in [0.4, 0.5) is 33.6 Å². The van der Waals surface area contributed by atoms with Gasteiger partial charge in [0, 0.05) is 30.8 Å². The second kappa shape index (κ2) is 11.2. The molecule has 0 bridgehead atoms. The molecule has 7 rings (SSSR count). The molecule has 12 nitrogen and oxygen atoms in total. The van der Waals surface area contributed by atoms with Gasteiger partial charge >= 0.3 is 0 Å². The maximum absolute atomic E-state index is 15.2. The van der Waals surface area contributed by atoms with Crippen LogP contribution in [0, 0.1) is 5.82 Å². The minimum Gasteiger partial charge on any atom is -0.392 e. The molecule has 2 aliphatic heterocycles. The van der Waals surface area contributed by atoms with E-state index in [0.29, 0.717) is 60.5 Å². The zero-order valence-electron chi connectivity index (χ0n) is 23.3. The molecule has 2 fully saturated rings. The number of nitrogens with two attached hydrogens (primary N) is 1. The number of fused-ring (bicyclic) bond motifs is 1. The predicted molar refractivity (Wildman–Crippen MR) is 158 cm³/mol. The monoisotopic (exact) mass is 583 g/mol. The van der Waals surface area contributed by atoms with Gasteiger partial charge in [-0.3, -0.25) is 4.79 Å². The third kappa shape index (κ3) is 5.32. The van der Waals surface area contributed by atoms with Gasteiger partial charge in [0.2, 0.25) is 17.8 Å². The number of amides is 1. The van der Waals surface area contributed by atoms with Crippen LogP contribution in [-0.4, -0.2) is 68.8 Å². The minimum atomic E-state index is -0.501. The van der Waals surface area contributed by atoms with E-state index in [1.807, 2.05) is 11.0 Å². The molecule has 2 aromatic heterocycles. The number of hydrogen-bond donors (Lipinski definition) is 3. The summed E-state index contributed by atoms with van der Waals surface area (Å²) in [4.78, 5) is 39.1. The number of anilines is 5. The lowest BCUT2D eigenvalue weighted by Crippen LogP contribution is -2.39. The molecular weight excluding hydrogens is 553 g/mol. The molecular formula is C30H30FN9O3. The zero-order valence-corrected chi connectivity index (χ0v) is 23.3. The number of nitrogens with one attached hydrogen (secondary N) is 1.